The van der Waals surface area contributed by atoms with Gasteiger partial charge in [-0.1, -0.05) is 6.07 Å². The van der Waals surface area contributed by atoms with E-state index in [4.69, 9.17) is 4.55 Å². The van der Waals surface area contributed by atoms with Gasteiger partial charge in [-0.2, -0.15) is 0 Å². The highest BCUT2D eigenvalue weighted by Gasteiger charge is 2.07. The molecule has 0 aliphatic heterocycles. The van der Waals surface area contributed by atoms with Crippen LogP contribution in [-0.4, -0.2) is 21.7 Å². The van der Waals surface area contributed by atoms with Crippen molar-refractivity contribution >= 4 is 22.7 Å². The van der Waals surface area contributed by atoms with E-state index in [1.54, 1.807) is 19.2 Å². The summed E-state index contributed by atoms with van der Waals surface area (Å²) in [5.74, 6) is -0.120. The molecule has 0 aliphatic rings. The van der Waals surface area contributed by atoms with E-state index in [1.165, 1.54) is 24.0 Å². The number of carbonyl (C=O) groups excluding carboxylic acids is 1. The molecular weight excluding hydrogens is 202 g/mol. The lowest BCUT2D eigenvalue weighted by atomic mass is 10.3. The van der Waals surface area contributed by atoms with Crippen molar-refractivity contribution in [3.63, 3.8) is 0 Å². The van der Waals surface area contributed by atoms with Gasteiger partial charge in [-0.25, -0.2) is 4.21 Å². The fourth-order valence-electron chi connectivity index (χ4n) is 0.983. The molecule has 1 unspecified atom stereocenters. The normalized spacial score (nSPS) is 12.2. The van der Waals surface area contributed by atoms with Crippen LogP contribution in [0.3, 0.4) is 0 Å². The van der Waals surface area contributed by atoms with Gasteiger partial charge in [0.25, 0.3) is 0 Å². The standard InChI is InChI=1S/C9H11NO3S/c1-7(11)10(2)8-4-3-5-9(6-8)14(12)13/h3-6H,1-2H3,(H,12,13). The van der Waals surface area contributed by atoms with Crippen molar-refractivity contribution in [1.82, 2.24) is 0 Å². The molecule has 1 aromatic rings. The molecule has 1 rings (SSSR count). The summed E-state index contributed by atoms with van der Waals surface area (Å²) in [7, 11) is 1.61. The first-order valence-corrected chi connectivity index (χ1v) is 5.08. The lowest BCUT2D eigenvalue weighted by molar-refractivity contribution is -0.116. The monoisotopic (exact) mass is 213 g/mol. The molecule has 1 amide bonds. The van der Waals surface area contributed by atoms with Crippen LogP contribution in [-0.2, 0) is 15.9 Å². The zero-order valence-corrected chi connectivity index (χ0v) is 8.75. The van der Waals surface area contributed by atoms with E-state index < -0.39 is 11.1 Å². The predicted molar refractivity (Wildman–Crippen MR) is 54.6 cm³/mol. The van der Waals surface area contributed by atoms with Crippen LogP contribution in [0.4, 0.5) is 5.69 Å². The van der Waals surface area contributed by atoms with Gasteiger partial charge in [0.05, 0.1) is 4.90 Å². The van der Waals surface area contributed by atoms with E-state index in [0.29, 0.717) is 5.69 Å². The summed E-state index contributed by atoms with van der Waals surface area (Å²) in [6.07, 6.45) is 0. The Morgan fingerprint density at radius 1 is 1.50 bits per heavy atom. The minimum atomic E-state index is -2.01. The van der Waals surface area contributed by atoms with Crippen molar-refractivity contribution < 1.29 is 13.6 Å². The van der Waals surface area contributed by atoms with Crippen LogP contribution in [0.5, 0.6) is 0 Å². The molecule has 0 radical (unpaired) electrons. The number of rotatable bonds is 2. The fraction of sp³-hybridized carbons (Fsp3) is 0.222. The third kappa shape index (κ3) is 2.40. The Bertz CT molecular complexity index is 378. The molecular formula is C9H11NO3S. The topological polar surface area (TPSA) is 57.6 Å². The van der Waals surface area contributed by atoms with Crippen molar-refractivity contribution in [2.75, 3.05) is 11.9 Å². The first kappa shape index (κ1) is 10.9. The molecule has 1 N–H and O–H groups in total. The van der Waals surface area contributed by atoms with Crippen LogP contribution in [0.2, 0.25) is 0 Å². The molecule has 1 atom stereocenters. The third-order valence-electron chi connectivity index (χ3n) is 1.88. The van der Waals surface area contributed by atoms with E-state index >= 15 is 0 Å². The highest BCUT2D eigenvalue weighted by Crippen LogP contribution is 2.16. The van der Waals surface area contributed by atoms with Gasteiger partial charge in [-0.15, -0.1) is 0 Å². The van der Waals surface area contributed by atoms with Crippen LogP contribution in [0, 0.1) is 0 Å². The van der Waals surface area contributed by atoms with Gasteiger partial charge < -0.3 is 9.45 Å². The smallest absolute Gasteiger partial charge is 0.223 e. The Kier molecular flexibility index (Phi) is 3.38. The minimum Gasteiger partial charge on any atom is -0.316 e. The van der Waals surface area contributed by atoms with Crippen molar-refractivity contribution in [3.8, 4) is 0 Å². The summed E-state index contributed by atoms with van der Waals surface area (Å²) in [6.45, 7) is 1.43. The highest BCUT2D eigenvalue weighted by atomic mass is 32.2. The predicted octanol–water partition coefficient (Wildman–Crippen LogP) is 1.25. The van der Waals surface area contributed by atoms with Gasteiger partial charge in [0.15, 0.2) is 11.1 Å². The first-order valence-electron chi connectivity index (χ1n) is 3.97. The van der Waals surface area contributed by atoms with Gasteiger partial charge in [-0.05, 0) is 18.2 Å². The van der Waals surface area contributed by atoms with E-state index in [0.717, 1.165) is 0 Å². The van der Waals surface area contributed by atoms with Crippen LogP contribution in [0.1, 0.15) is 6.92 Å². The second kappa shape index (κ2) is 4.34. The molecule has 0 aliphatic carbocycles. The molecule has 14 heavy (non-hydrogen) atoms. The van der Waals surface area contributed by atoms with Gasteiger partial charge in [0.2, 0.25) is 5.91 Å². The highest BCUT2D eigenvalue weighted by molar-refractivity contribution is 7.79. The first-order chi connectivity index (χ1) is 6.52. The van der Waals surface area contributed by atoms with E-state index in [2.05, 4.69) is 0 Å². The van der Waals surface area contributed by atoms with Gasteiger partial charge >= 0.3 is 0 Å². The molecule has 0 bridgehead atoms. The van der Waals surface area contributed by atoms with Crippen molar-refractivity contribution in [1.29, 1.82) is 0 Å². The molecule has 0 aromatic heterocycles. The maximum absolute atomic E-state index is 11.0. The Hall–Kier alpha value is -1.20. The zero-order valence-electron chi connectivity index (χ0n) is 7.93. The number of hydrogen-bond donors (Lipinski definition) is 1. The Balaban J connectivity index is 3.05. The summed E-state index contributed by atoms with van der Waals surface area (Å²) < 4.78 is 19.6. The molecule has 1 aromatic carbocycles. The SMILES string of the molecule is CC(=O)N(C)c1cccc(S(=O)O)c1. The maximum atomic E-state index is 11.0. The van der Waals surface area contributed by atoms with E-state index in [9.17, 15) is 9.00 Å². The summed E-state index contributed by atoms with van der Waals surface area (Å²) in [6, 6.07) is 6.39. The number of hydrogen-bond acceptors (Lipinski definition) is 2. The largest absolute Gasteiger partial charge is 0.316 e. The molecule has 0 heterocycles. The Labute approximate surface area is 84.8 Å². The Morgan fingerprint density at radius 2 is 2.14 bits per heavy atom. The summed E-state index contributed by atoms with van der Waals surface area (Å²) >= 11 is -2.01. The number of carbonyl (C=O) groups is 1. The summed E-state index contributed by atoms with van der Waals surface area (Å²) in [4.78, 5) is 12.7. The number of nitrogens with zero attached hydrogens (tertiary/aromatic N) is 1. The lowest BCUT2D eigenvalue weighted by Crippen LogP contribution is -2.22. The third-order valence-corrected chi connectivity index (χ3v) is 2.54. The van der Waals surface area contributed by atoms with Crippen molar-refractivity contribution in [3.05, 3.63) is 24.3 Å². The quantitative estimate of drug-likeness (QED) is 0.752. The van der Waals surface area contributed by atoms with Crippen LogP contribution >= 0.6 is 0 Å². The summed E-state index contributed by atoms with van der Waals surface area (Å²) in [5, 5.41) is 0. The van der Waals surface area contributed by atoms with Gasteiger partial charge in [0.1, 0.15) is 0 Å². The van der Waals surface area contributed by atoms with Crippen LogP contribution in [0.25, 0.3) is 0 Å². The van der Waals surface area contributed by atoms with Gasteiger partial charge in [0, 0.05) is 19.7 Å². The number of anilines is 1. The number of benzene rings is 1. The molecule has 4 nitrogen and oxygen atoms in total. The van der Waals surface area contributed by atoms with Crippen LogP contribution < -0.4 is 4.90 Å². The zero-order chi connectivity index (χ0) is 10.7. The molecule has 76 valence electrons. The van der Waals surface area contributed by atoms with E-state index in [-0.39, 0.29) is 10.8 Å². The number of amides is 1. The minimum absolute atomic E-state index is 0.120. The molecule has 5 heteroatoms. The summed E-state index contributed by atoms with van der Waals surface area (Å²) in [5.41, 5.74) is 0.609. The second-order valence-corrected chi connectivity index (χ2v) is 3.79. The van der Waals surface area contributed by atoms with Crippen LogP contribution in [0.15, 0.2) is 29.2 Å². The fourth-order valence-corrected chi connectivity index (χ4v) is 1.40. The average molecular weight is 213 g/mol. The molecule has 0 saturated heterocycles. The average Bonchev–Trinajstić information content (AvgIpc) is 2.16. The molecule has 0 fully saturated rings. The van der Waals surface area contributed by atoms with Crippen molar-refractivity contribution in [2.24, 2.45) is 0 Å². The molecule has 0 saturated carbocycles. The maximum Gasteiger partial charge on any atom is 0.223 e. The lowest BCUT2D eigenvalue weighted by Gasteiger charge is -2.14. The van der Waals surface area contributed by atoms with Gasteiger partial charge in [-0.3, -0.25) is 4.79 Å². The van der Waals surface area contributed by atoms with E-state index in [1.807, 2.05) is 0 Å². The second-order valence-electron chi connectivity index (χ2n) is 2.82. The molecule has 0 spiro atoms. The Morgan fingerprint density at radius 3 is 2.64 bits per heavy atom. The van der Waals surface area contributed by atoms with Crippen molar-refractivity contribution in [2.45, 2.75) is 11.8 Å².